The van der Waals surface area contributed by atoms with Crippen LogP contribution in [0.1, 0.15) is 27.7 Å². The van der Waals surface area contributed by atoms with Gasteiger partial charge in [0.25, 0.3) is 0 Å². The van der Waals surface area contributed by atoms with E-state index in [9.17, 15) is 0 Å². The quantitative estimate of drug-likeness (QED) is 0.653. The van der Waals surface area contributed by atoms with Crippen molar-refractivity contribution >= 4 is 33.6 Å². The van der Waals surface area contributed by atoms with Crippen molar-refractivity contribution in [3.05, 3.63) is 36.4 Å². The van der Waals surface area contributed by atoms with Crippen LogP contribution in [0.25, 0.3) is 10.8 Å². The molecule has 18 heavy (non-hydrogen) atoms. The Hall–Kier alpha value is -1.96. The summed E-state index contributed by atoms with van der Waals surface area (Å²) in [6.07, 6.45) is 0. The zero-order valence-corrected chi connectivity index (χ0v) is 11.4. The van der Waals surface area contributed by atoms with Gasteiger partial charge in [0.15, 0.2) is 0 Å². The summed E-state index contributed by atoms with van der Waals surface area (Å²) < 4.78 is 0. The summed E-state index contributed by atoms with van der Waals surface area (Å²) in [5.74, 6) is 0. The third-order valence-electron chi connectivity index (χ3n) is 2.51. The number of fused-ring (bicyclic) bond motifs is 1. The van der Waals surface area contributed by atoms with Gasteiger partial charge in [-0.3, -0.25) is 9.98 Å². The predicted molar refractivity (Wildman–Crippen MR) is 80.8 cm³/mol. The fourth-order valence-corrected chi connectivity index (χ4v) is 1.88. The van der Waals surface area contributed by atoms with Crippen LogP contribution in [0.5, 0.6) is 0 Å². The van der Waals surface area contributed by atoms with E-state index in [0.717, 1.165) is 22.8 Å². The lowest BCUT2D eigenvalue weighted by Crippen LogP contribution is -1.80. The summed E-state index contributed by atoms with van der Waals surface area (Å²) in [6, 6.07) is 12.5. The number of benzene rings is 2. The van der Waals surface area contributed by atoms with Gasteiger partial charge in [0.2, 0.25) is 0 Å². The number of nitrogens with zero attached hydrogens (tertiary/aromatic N) is 2. The highest BCUT2D eigenvalue weighted by atomic mass is 14.7. The topological polar surface area (TPSA) is 24.7 Å². The first-order chi connectivity index (χ1) is 8.54. The van der Waals surface area contributed by atoms with Crippen molar-refractivity contribution in [3.63, 3.8) is 0 Å². The third kappa shape index (κ3) is 3.04. The number of hydrogen-bond acceptors (Lipinski definition) is 2. The molecule has 92 valence electrons. The molecule has 0 N–H and O–H groups in total. The maximum Gasteiger partial charge on any atom is 0.0635 e. The number of rotatable bonds is 2. The molecule has 2 rings (SSSR count). The van der Waals surface area contributed by atoms with E-state index >= 15 is 0 Å². The van der Waals surface area contributed by atoms with E-state index in [4.69, 9.17) is 0 Å². The summed E-state index contributed by atoms with van der Waals surface area (Å²) in [5.41, 5.74) is 4.14. The molecule has 0 spiro atoms. The fourth-order valence-electron chi connectivity index (χ4n) is 1.88. The molecule has 0 fully saturated rings. The first kappa shape index (κ1) is 12.5. The molecule has 0 aromatic heterocycles. The summed E-state index contributed by atoms with van der Waals surface area (Å²) in [7, 11) is 0. The molecule has 0 saturated carbocycles. The maximum absolute atomic E-state index is 4.47. The van der Waals surface area contributed by atoms with Crippen molar-refractivity contribution in [2.75, 3.05) is 0 Å². The van der Waals surface area contributed by atoms with Crippen LogP contribution in [0.4, 0.5) is 11.4 Å². The van der Waals surface area contributed by atoms with Gasteiger partial charge in [-0.25, -0.2) is 0 Å². The summed E-state index contributed by atoms with van der Waals surface area (Å²) in [5, 5.41) is 2.40. The molecule has 2 nitrogen and oxygen atoms in total. The maximum atomic E-state index is 4.47. The summed E-state index contributed by atoms with van der Waals surface area (Å²) in [4.78, 5) is 8.94. The Morgan fingerprint density at radius 1 is 0.667 bits per heavy atom. The average Bonchev–Trinajstić information content (AvgIpc) is 2.27. The zero-order valence-electron chi connectivity index (χ0n) is 11.4. The van der Waals surface area contributed by atoms with Gasteiger partial charge in [-0.15, -0.1) is 0 Å². The van der Waals surface area contributed by atoms with E-state index in [1.165, 1.54) is 10.8 Å². The third-order valence-corrected chi connectivity index (χ3v) is 2.51. The standard InChI is InChI=1S/C16H18N2/c1-11(2)17-15-7-5-14-10-16(18-12(3)4)8-6-13(14)9-15/h5-10H,1-4H3. The van der Waals surface area contributed by atoms with Gasteiger partial charge in [-0.2, -0.15) is 0 Å². The first-order valence-corrected chi connectivity index (χ1v) is 6.12. The molecule has 0 aliphatic carbocycles. The Morgan fingerprint density at radius 2 is 1.06 bits per heavy atom. The van der Waals surface area contributed by atoms with E-state index in [1.807, 2.05) is 39.8 Å². The predicted octanol–water partition coefficient (Wildman–Crippen LogP) is 5.06. The normalized spacial score (nSPS) is 10.2. The van der Waals surface area contributed by atoms with E-state index in [-0.39, 0.29) is 0 Å². The van der Waals surface area contributed by atoms with Crippen LogP contribution in [0.3, 0.4) is 0 Å². The van der Waals surface area contributed by atoms with Crippen molar-refractivity contribution < 1.29 is 0 Å². The van der Waals surface area contributed by atoms with Crippen LogP contribution < -0.4 is 0 Å². The van der Waals surface area contributed by atoms with Gasteiger partial charge < -0.3 is 0 Å². The second-order valence-electron chi connectivity index (χ2n) is 4.83. The van der Waals surface area contributed by atoms with Crippen molar-refractivity contribution in [2.45, 2.75) is 27.7 Å². The lowest BCUT2D eigenvalue weighted by molar-refractivity contribution is 1.47. The van der Waals surface area contributed by atoms with E-state index in [0.29, 0.717) is 0 Å². The molecule has 0 atom stereocenters. The van der Waals surface area contributed by atoms with E-state index in [1.54, 1.807) is 0 Å². The Kier molecular flexibility index (Phi) is 3.56. The molecule has 0 aliphatic heterocycles. The van der Waals surface area contributed by atoms with Crippen LogP contribution in [-0.4, -0.2) is 11.4 Å². The van der Waals surface area contributed by atoms with Gasteiger partial charge in [0.05, 0.1) is 11.4 Å². The Bertz CT molecular complexity index is 571. The SMILES string of the molecule is CC(C)=Nc1ccc2cc(N=C(C)C)ccc2c1. The molecule has 0 aliphatic rings. The van der Waals surface area contributed by atoms with E-state index < -0.39 is 0 Å². The second kappa shape index (κ2) is 5.13. The number of hydrogen-bond donors (Lipinski definition) is 0. The highest BCUT2D eigenvalue weighted by Crippen LogP contribution is 2.25. The monoisotopic (exact) mass is 238 g/mol. The molecule has 0 amide bonds. The minimum atomic E-state index is 1.01. The van der Waals surface area contributed by atoms with Gasteiger partial charge >= 0.3 is 0 Å². The van der Waals surface area contributed by atoms with E-state index in [2.05, 4.69) is 34.3 Å². The van der Waals surface area contributed by atoms with Crippen molar-refractivity contribution in [2.24, 2.45) is 9.98 Å². The van der Waals surface area contributed by atoms with Crippen molar-refractivity contribution in [3.8, 4) is 0 Å². The summed E-state index contributed by atoms with van der Waals surface area (Å²) in [6.45, 7) is 8.02. The van der Waals surface area contributed by atoms with Crippen molar-refractivity contribution in [1.82, 2.24) is 0 Å². The van der Waals surface area contributed by atoms with Crippen LogP contribution in [0.2, 0.25) is 0 Å². The lowest BCUT2D eigenvalue weighted by Gasteiger charge is -2.02. The first-order valence-electron chi connectivity index (χ1n) is 6.12. The molecule has 0 unspecified atom stereocenters. The average molecular weight is 238 g/mol. The van der Waals surface area contributed by atoms with Gasteiger partial charge in [-0.1, -0.05) is 12.1 Å². The van der Waals surface area contributed by atoms with Crippen LogP contribution in [0, 0.1) is 0 Å². The minimum Gasteiger partial charge on any atom is -0.258 e. The van der Waals surface area contributed by atoms with Crippen LogP contribution in [-0.2, 0) is 0 Å². The van der Waals surface area contributed by atoms with Crippen molar-refractivity contribution in [1.29, 1.82) is 0 Å². The Balaban J connectivity index is 2.48. The Labute approximate surface area is 108 Å². The molecule has 2 heteroatoms. The summed E-state index contributed by atoms with van der Waals surface area (Å²) >= 11 is 0. The minimum absolute atomic E-state index is 1.01. The van der Waals surface area contributed by atoms with Gasteiger partial charge in [-0.05, 0) is 62.7 Å². The lowest BCUT2D eigenvalue weighted by atomic mass is 10.1. The molecular formula is C16H18N2. The van der Waals surface area contributed by atoms with Crippen LogP contribution >= 0.6 is 0 Å². The molecule has 0 heterocycles. The molecule has 0 radical (unpaired) electrons. The molecule has 2 aromatic carbocycles. The zero-order chi connectivity index (χ0) is 13.1. The highest BCUT2D eigenvalue weighted by molar-refractivity contribution is 5.91. The van der Waals surface area contributed by atoms with Crippen LogP contribution in [0.15, 0.2) is 46.4 Å². The second-order valence-corrected chi connectivity index (χ2v) is 4.83. The largest absolute Gasteiger partial charge is 0.258 e. The highest BCUT2D eigenvalue weighted by Gasteiger charge is 1.97. The fraction of sp³-hybridized carbons (Fsp3) is 0.250. The van der Waals surface area contributed by atoms with Gasteiger partial charge in [0, 0.05) is 11.4 Å². The van der Waals surface area contributed by atoms with Gasteiger partial charge in [0.1, 0.15) is 0 Å². The molecule has 0 bridgehead atoms. The Morgan fingerprint density at radius 3 is 1.39 bits per heavy atom. The number of aliphatic imine (C=N–C) groups is 2. The molecule has 0 saturated heterocycles. The molecule has 2 aromatic rings. The molecular weight excluding hydrogens is 220 g/mol. The smallest absolute Gasteiger partial charge is 0.0635 e.